The summed E-state index contributed by atoms with van der Waals surface area (Å²) in [5.41, 5.74) is -0.131. The zero-order chi connectivity index (χ0) is 13.6. The van der Waals surface area contributed by atoms with Gasteiger partial charge in [0.25, 0.3) is 5.91 Å². The Morgan fingerprint density at radius 2 is 2.11 bits per heavy atom. The largest absolute Gasteiger partial charge is 0.505 e. The lowest BCUT2D eigenvalue weighted by Crippen LogP contribution is -2.25. The number of carbonyl (C=O) groups is 1. The van der Waals surface area contributed by atoms with Crippen molar-refractivity contribution in [2.45, 2.75) is 25.4 Å². The SMILES string of the molecule is O=C(NCCCCC(F)(F)F)c1ncccc1O. The summed E-state index contributed by atoms with van der Waals surface area (Å²) >= 11 is 0. The zero-order valence-electron chi connectivity index (χ0n) is 9.50. The molecule has 2 N–H and O–H groups in total. The van der Waals surface area contributed by atoms with Crippen molar-refractivity contribution in [2.75, 3.05) is 6.54 Å². The van der Waals surface area contributed by atoms with Crippen LogP contribution in [0.25, 0.3) is 0 Å². The van der Waals surface area contributed by atoms with Crippen LogP contribution in [0.2, 0.25) is 0 Å². The standard InChI is InChI=1S/C11H13F3N2O2/c12-11(13,14)5-1-2-6-16-10(18)9-8(17)4-3-7-15-9/h3-4,7,17H,1-2,5-6H2,(H,16,18). The van der Waals surface area contributed by atoms with E-state index in [1.807, 2.05) is 0 Å². The molecule has 0 unspecified atom stereocenters. The number of halogens is 3. The van der Waals surface area contributed by atoms with Gasteiger partial charge in [0.05, 0.1) is 0 Å². The summed E-state index contributed by atoms with van der Waals surface area (Å²) in [6, 6.07) is 2.78. The zero-order valence-corrected chi connectivity index (χ0v) is 9.50. The van der Waals surface area contributed by atoms with Crippen molar-refractivity contribution in [3.63, 3.8) is 0 Å². The van der Waals surface area contributed by atoms with Crippen LogP contribution in [0, 0.1) is 0 Å². The van der Waals surface area contributed by atoms with Crippen LogP contribution in [0.15, 0.2) is 18.3 Å². The Kier molecular flexibility index (Phi) is 4.94. The normalized spacial score (nSPS) is 11.3. The van der Waals surface area contributed by atoms with E-state index in [0.29, 0.717) is 0 Å². The second-order valence-electron chi connectivity index (χ2n) is 3.70. The topological polar surface area (TPSA) is 62.2 Å². The van der Waals surface area contributed by atoms with Gasteiger partial charge in [-0.25, -0.2) is 4.98 Å². The van der Waals surface area contributed by atoms with Gasteiger partial charge in [0.1, 0.15) is 5.75 Å². The summed E-state index contributed by atoms with van der Waals surface area (Å²) < 4.78 is 35.5. The van der Waals surface area contributed by atoms with Crippen molar-refractivity contribution in [2.24, 2.45) is 0 Å². The van der Waals surface area contributed by atoms with Gasteiger partial charge in [-0.15, -0.1) is 0 Å². The number of pyridine rings is 1. The van der Waals surface area contributed by atoms with Crippen molar-refractivity contribution < 1.29 is 23.1 Å². The highest BCUT2D eigenvalue weighted by atomic mass is 19.4. The van der Waals surface area contributed by atoms with E-state index in [1.54, 1.807) is 0 Å². The van der Waals surface area contributed by atoms with E-state index < -0.39 is 18.5 Å². The monoisotopic (exact) mass is 262 g/mol. The Labute approximate surface area is 102 Å². The van der Waals surface area contributed by atoms with Gasteiger partial charge in [-0.3, -0.25) is 4.79 Å². The van der Waals surface area contributed by atoms with Crippen LogP contribution in [-0.2, 0) is 0 Å². The van der Waals surface area contributed by atoms with Crippen LogP contribution in [0.5, 0.6) is 5.75 Å². The Bertz CT molecular complexity index is 408. The molecular formula is C11H13F3N2O2. The van der Waals surface area contributed by atoms with Gasteiger partial charge in [0, 0.05) is 19.2 Å². The molecule has 0 saturated carbocycles. The summed E-state index contributed by atoms with van der Waals surface area (Å²) in [4.78, 5) is 15.1. The molecule has 4 nitrogen and oxygen atoms in total. The van der Waals surface area contributed by atoms with Gasteiger partial charge in [-0.2, -0.15) is 13.2 Å². The van der Waals surface area contributed by atoms with Crippen molar-refractivity contribution >= 4 is 5.91 Å². The molecule has 0 radical (unpaired) electrons. The molecule has 0 fully saturated rings. The first-order valence-corrected chi connectivity index (χ1v) is 5.39. The lowest BCUT2D eigenvalue weighted by Gasteiger charge is -2.07. The quantitative estimate of drug-likeness (QED) is 0.800. The smallest absolute Gasteiger partial charge is 0.389 e. The fourth-order valence-electron chi connectivity index (χ4n) is 1.31. The molecule has 100 valence electrons. The predicted molar refractivity (Wildman–Crippen MR) is 58.1 cm³/mol. The molecule has 0 spiro atoms. The minimum atomic E-state index is -4.16. The van der Waals surface area contributed by atoms with Gasteiger partial charge in [-0.05, 0) is 25.0 Å². The number of carbonyl (C=O) groups excluding carboxylic acids is 1. The third kappa shape index (κ3) is 5.03. The van der Waals surface area contributed by atoms with Gasteiger partial charge in [0.2, 0.25) is 0 Å². The molecule has 18 heavy (non-hydrogen) atoms. The number of unbranched alkanes of at least 4 members (excludes halogenated alkanes) is 1. The molecule has 1 aromatic rings. The molecule has 1 amide bonds. The first-order valence-electron chi connectivity index (χ1n) is 5.39. The second-order valence-corrected chi connectivity index (χ2v) is 3.70. The summed E-state index contributed by atoms with van der Waals surface area (Å²) in [6.45, 7) is 0.116. The van der Waals surface area contributed by atoms with E-state index in [2.05, 4.69) is 10.3 Å². The Hall–Kier alpha value is -1.79. The predicted octanol–water partition coefficient (Wildman–Crippen LogP) is 2.25. The maximum absolute atomic E-state index is 11.8. The van der Waals surface area contributed by atoms with Crippen molar-refractivity contribution in [1.29, 1.82) is 0 Å². The molecule has 0 atom stereocenters. The van der Waals surface area contributed by atoms with E-state index in [9.17, 15) is 23.1 Å². The molecule has 7 heteroatoms. The highest BCUT2D eigenvalue weighted by Crippen LogP contribution is 2.21. The van der Waals surface area contributed by atoms with Crippen LogP contribution in [0.4, 0.5) is 13.2 Å². The lowest BCUT2D eigenvalue weighted by molar-refractivity contribution is -0.135. The van der Waals surface area contributed by atoms with Gasteiger partial charge < -0.3 is 10.4 Å². The number of amides is 1. The summed E-state index contributed by atoms with van der Waals surface area (Å²) in [7, 11) is 0. The molecule has 0 aliphatic heterocycles. The van der Waals surface area contributed by atoms with E-state index in [0.717, 1.165) is 0 Å². The summed E-state index contributed by atoms with van der Waals surface area (Å²) in [5, 5.41) is 11.7. The highest BCUT2D eigenvalue weighted by Gasteiger charge is 2.25. The number of hydrogen-bond donors (Lipinski definition) is 2. The molecule has 0 saturated heterocycles. The molecule has 1 aromatic heterocycles. The molecule has 0 aliphatic carbocycles. The minimum absolute atomic E-state index is 0.0437. The molecular weight excluding hydrogens is 249 g/mol. The number of rotatable bonds is 5. The van der Waals surface area contributed by atoms with Crippen molar-refractivity contribution in [1.82, 2.24) is 10.3 Å². The number of aromatic hydroxyl groups is 1. The van der Waals surface area contributed by atoms with Crippen LogP contribution >= 0.6 is 0 Å². The van der Waals surface area contributed by atoms with E-state index in [4.69, 9.17) is 0 Å². The summed E-state index contributed by atoms with van der Waals surface area (Å²) in [5.74, 6) is -0.856. The maximum atomic E-state index is 11.8. The molecule has 1 rings (SSSR count). The third-order valence-corrected chi connectivity index (χ3v) is 2.17. The van der Waals surface area contributed by atoms with Gasteiger partial charge in [0.15, 0.2) is 5.69 Å². The highest BCUT2D eigenvalue weighted by molar-refractivity contribution is 5.94. The van der Waals surface area contributed by atoms with Crippen LogP contribution in [-0.4, -0.2) is 28.7 Å². The maximum Gasteiger partial charge on any atom is 0.389 e. The number of hydrogen-bond acceptors (Lipinski definition) is 3. The first-order chi connectivity index (χ1) is 8.40. The molecule has 1 heterocycles. The number of aromatic nitrogens is 1. The fraction of sp³-hybridized carbons (Fsp3) is 0.455. The fourth-order valence-corrected chi connectivity index (χ4v) is 1.31. The van der Waals surface area contributed by atoms with E-state index in [1.165, 1.54) is 18.3 Å². The molecule has 0 bridgehead atoms. The number of nitrogens with one attached hydrogen (secondary N) is 1. The Morgan fingerprint density at radius 1 is 1.39 bits per heavy atom. The average molecular weight is 262 g/mol. The first kappa shape index (κ1) is 14.3. The van der Waals surface area contributed by atoms with Crippen molar-refractivity contribution in [3.05, 3.63) is 24.0 Å². The Balaban J connectivity index is 2.28. The van der Waals surface area contributed by atoms with Crippen LogP contribution in [0.1, 0.15) is 29.8 Å². The minimum Gasteiger partial charge on any atom is -0.505 e. The molecule has 0 aromatic carbocycles. The van der Waals surface area contributed by atoms with E-state index in [-0.39, 0.29) is 30.8 Å². The van der Waals surface area contributed by atoms with Gasteiger partial charge >= 0.3 is 6.18 Å². The Morgan fingerprint density at radius 3 is 2.72 bits per heavy atom. The summed E-state index contributed by atoms with van der Waals surface area (Å²) in [6.07, 6.45) is -3.50. The number of alkyl halides is 3. The average Bonchev–Trinajstić information content (AvgIpc) is 2.27. The second kappa shape index (κ2) is 6.23. The lowest BCUT2D eigenvalue weighted by atomic mass is 10.2. The van der Waals surface area contributed by atoms with Gasteiger partial charge in [-0.1, -0.05) is 0 Å². The molecule has 0 aliphatic rings. The van der Waals surface area contributed by atoms with E-state index >= 15 is 0 Å². The van der Waals surface area contributed by atoms with Crippen LogP contribution in [0.3, 0.4) is 0 Å². The van der Waals surface area contributed by atoms with Crippen molar-refractivity contribution in [3.8, 4) is 5.75 Å². The number of nitrogens with zero attached hydrogens (tertiary/aromatic N) is 1. The third-order valence-electron chi connectivity index (χ3n) is 2.17. The van der Waals surface area contributed by atoms with Crippen LogP contribution < -0.4 is 5.32 Å².